The summed E-state index contributed by atoms with van der Waals surface area (Å²) in [6, 6.07) is 7.47. The number of nitriles is 1. The number of carbonyl (C=O) groups is 2. The monoisotopic (exact) mass is 331 g/mol. The molecule has 0 saturated carbocycles. The molecule has 1 rings (SSSR count). The van der Waals surface area contributed by atoms with E-state index < -0.39 is 17.9 Å². The summed E-state index contributed by atoms with van der Waals surface area (Å²) in [5.41, 5.74) is 0.743. The molecule has 0 fully saturated rings. The van der Waals surface area contributed by atoms with Crippen LogP contribution >= 0.6 is 0 Å². The molecule has 0 aliphatic rings. The molecule has 0 aliphatic carbocycles. The van der Waals surface area contributed by atoms with Crippen LogP contribution in [-0.4, -0.2) is 34.7 Å². The smallest absolute Gasteiger partial charge is 0.326 e. The van der Waals surface area contributed by atoms with Gasteiger partial charge >= 0.3 is 5.97 Å². The highest BCUT2D eigenvalue weighted by Crippen LogP contribution is 2.09. The maximum atomic E-state index is 11.9. The average molecular weight is 331 g/mol. The molecular formula is C17H21N3O4. The van der Waals surface area contributed by atoms with Crippen molar-refractivity contribution in [2.24, 2.45) is 5.92 Å². The number of nitrogens with one attached hydrogen (secondary N) is 2. The molecular weight excluding hydrogens is 310 g/mol. The number of nitrogens with zero attached hydrogens (tertiary/aromatic N) is 1. The summed E-state index contributed by atoms with van der Waals surface area (Å²) >= 11 is 0. The third kappa shape index (κ3) is 6.01. The highest BCUT2D eigenvalue weighted by Gasteiger charge is 2.20. The second kappa shape index (κ2) is 9.20. The van der Waals surface area contributed by atoms with Gasteiger partial charge in [0.1, 0.15) is 23.4 Å². The van der Waals surface area contributed by atoms with Crippen LogP contribution in [0.4, 0.5) is 0 Å². The lowest BCUT2D eigenvalue weighted by molar-refractivity contribution is -0.140. The Bertz CT molecular complexity index is 645. The molecule has 1 aromatic rings. The lowest BCUT2D eigenvalue weighted by atomic mass is 10.1. The number of aliphatic carboxylic acids is 1. The second-order valence-corrected chi connectivity index (χ2v) is 5.57. The van der Waals surface area contributed by atoms with E-state index >= 15 is 0 Å². The van der Waals surface area contributed by atoms with Gasteiger partial charge in [0.15, 0.2) is 0 Å². The molecule has 1 unspecified atom stereocenters. The molecule has 0 bridgehead atoms. The van der Waals surface area contributed by atoms with Crippen LogP contribution in [0.25, 0.3) is 0 Å². The summed E-state index contributed by atoms with van der Waals surface area (Å²) < 4.78 is 0. The maximum absolute atomic E-state index is 11.9. The summed E-state index contributed by atoms with van der Waals surface area (Å²) in [4.78, 5) is 23.0. The van der Waals surface area contributed by atoms with Gasteiger partial charge in [-0.05, 0) is 30.0 Å². The van der Waals surface area contributed by atoms with Gasteiger partial charge in [0.25, 0.3) is 5.91 Å². The SMILES string of the molecule is CC(C)C(N/C=C(/C#N)C(=O)NCCc1ccc(O)cc1)C(=O)O. The van der Waals surface area contributed by atoms with Crippen molar-refractivity contribution in [1.29, 1.82) is 5.26 Å². The highest BCUT2D eigenvalue weighted by atomic mass is 16.4. The highest BCUT2D eigenvalue weighted by molar-refractivity contribution is 5.97. The number of hydrogen-bond acceptors (Lipinski definition) is 5. The number of phenols is 1. The zero-order valence-electron chi connectivity index (χ0n) is 13.6. The van der Waals surface area contributed by atoms with E-state index in [2.05, 4.69) is 10.6 Å². The van der Waals surface area contributed by atoms with Crippen molar-refractivity contribution in [2.75, 3.05) is 6.54 Å². The quantitative estimate of drug-likeness (QED) is 0.419. The topological polar surface area (TPSA) is 122 Å². The zero-order valence-corrected chi connectivity index (χ0v) is 13.6. The van der Waals surface area contributed by atoms with E-state index in [1.54, 1.807) is 44.2 Å². The van der Waals surface area contributed by atoms with Crippen molar-refractivity contribution >= 4 is 11.9 Å². The first kappa shape index (κ1) is 19.0. The molecule has 0 spiro atoms. The molecule has 0 saturated heterocycles. The van der Waals surface area contributed by atoms with Gasteiger partial charge in [0, 0.05) is 12.7 Å². The number of hydrogen-bond donors (Lipinski definition) is 4. The van der Waals surface area contributed by atoms with Crippen molar-refractivity contribution in [3.8, 4) is 11.8 Å². The molecule has 7 heteroatoms. The minimum atomic E-state index is -1.05. The third-order valence-electron chi connectivity index (χ3n) is 3.34. The van der Waals surface area contributed by atoms with Crippen molar-refractivity contribution < 1.29 is 19.8 Å². The average Bonchev–Trinajstić information content (AvgIpc) is 2.52. The van der Waals surface area contributed by atoms with E-state index in [9.17, 15) is 14.7 Å². The number of benzene rings is 1. The molecule has 1 atom stereocenters. The Labute approximate surface area is 140 Å². The number of phenolic OH excluding ortho intramolecular Hbond substituents is 1. The van der Waals surface area contributed by atoms with E-state index in [1.807, 2.05) is 0 Å². The fourth-order valence-electron chi connectivity index (χ4n) is 1.95. The van der Waals surface area contributed by atoms with Crippen molar-refractivity contribution in [1.82, 2.24) is 10.6 Å². The number of carboxylic acid groups (broad SMARTS) is 1. The summed E-state index contributed by atoms with van der Waals surface area (Å²) in [6.07, 6.45) is 1.68. The van der Waals surface area contributed by atoms with Gasteiger partial charge in [-0.2, -0.15) is 5.26 Å². The standard InChI is InChI=1S/C17H21N3O4/c1-11(2)15(17(23)24)20-10-13(9-18)16(22)19-8-7-12-3-5-14(21)6-4-12/h3-6,10-11,15,20-21H,7-8H2,1-2H3,(H,19,22)(H,23,24)/b13-10-. The van der Waals surface area contributed by atoms with Crippen molar-refractivity contribution in [3.05, 3.63) is 41.6 Å². The van der Waals surface area contributed by atoms with Gasteiger partial charge in [-0.15, -0.1) is 0 Å². The van der Waals surface area contributed by atoms with Gasteiger partial charge in [0.2, 0.25) is 0 Å². The molecule has 24 heavy (non-hydrogen) atoms. The van der Waals surface area contributed by atoms with Crippen LogP contribution in [0.3, 0.4) is 0 Å². The zero-order chi connectivity index (χ0) is 18.1. The predicted molar refractivity (Wildman–Crippen MR) is 87.9 cm³/mol. The summed E-state index contributed by atoms with van der Waals surface area (Å²) in [7, 11) is 0. The minimum Gasteiger partial charge on any atom is -0.508 e. The van der Waals surface area contributed by atoms with Gasteiger partial charge in [0.05, 0.1) is 0 Å². The van der Waals surface area contributed by atoms with E-state index in [0.717, 1.165) is 11.8 Å². The normalized spacial score (nSPS) is 12.3. The molecule has 0 aromatic heterocycles. The number of aromatic hydroxyl groups is 1. The molecule has 4 N–H and O–H groups in total. The van der Waals surface area contributed by atoms with E-state index in [0.29, 0.717) is 13.0 Å². The Hall–Kier alpha value is -3.01. The Balaban J connectivity index is 2.56. The second-order valence-electron chi connectivity index (χ2n) is 5.57. The maximum Gasteiger partial charge on any atom is 0.326 e. The molecule has 7 nitrogen and oxygen atoms in total. The van der Waals surface area contributed by atoms with Gasteiger partial charge < -0.3 is 20.8 Å². The fourth-order valence-corrected chi connectivity index (χ4v) is 1.95. The predicted octanol–water partition coefficient (Wildman–Crippen LogP) is 1.16. The van der Waals surface area contributed by atoms with E-state index in [1.165, 1.54) is 0 Å². The number of amides is 1. The first-order chi connectivity index (χ1) is 11.3. The molecule has 128 valence electrons. The van der Waals surface area contributed by atoms with Crippen LogP contribution in [0.1, 0.15) is 19.4 Å². The van der Waals surface area contributed by atoms with E-state index in [-0.39, 0.29) is 17.2 Å². The minimum absolute atomic E-state index is 0.168. The number of rotatable bonds is 8. The molecule has 1 aromatic carbocycles. The van der Waals surface area contributed by atoms with Crippen LogP contribution in [0.5, 0.6) is 5.75 Å². The first-order valence-electron chi connectivity index (χ1n) is 7.50. The summed E-state index contributed by atoms with van der Waals surface area (Å²) in [6.45, 7) is 3.77. The Morgan fingerprint density at radius 3 is 2.42 bits per heavy atom. The van der Waals surface area contributed by atoms with Crippen LogP contribution < -0.4 is 10.6 Å². The Morgan fingerprint density at radius 1 is 1.29 bits per heavy atom. The van der Waals surface area contributed by atoms with Crippen LogP contribution in [0, 0.1) is 17.2 Å². The lowest BCUT2D eigenvalue weighted by Gasteiger charge is -2.16. The Morgan fingerprint density at radius 2 is 1.92 bits per heavy atom. The summed E-state index contributed by atoms with van der Waals surface area (Å²) in [5, 5.41) is 32.5. The third-order valence-corrected chi connectivity index (χ3v) is 3.34. The lowest BCUT2D eigenvalue weighted by Crippen LogP contribution is -2.38. The first-order valence-corrected chi connectivity index (χ1v) is 7.50. The molecule has 0 radical (unpaired) electrons. The molecule has 0 aliphatic heterocycles. The fraction of sp³-hybridized carbons (Fsp3) is 0.353. The number of carboxylic acids is 1. The van der Waals surface area contributed by atoms with Crippen LogP contribution in [0.15, 0.2) is 36.0 Å². The summed E-state index contributed by atoms with van der Waals surface area (Å²) in [5.74, 6) is -1.65. The molecule has 0 heterocycles. The largest absolute Gasteiger partial charge is 0.508 e. The Kier molecular flexibility index (Phi) is 7.30. The van der Waals surface area contributed by atoms with Crippen molar-refractivity contribution in [2.45, 2.75) is 26.3 Å². The van der Waals surface area contributed by atoms with E-state index in [4.69, 9.17) is 10.4 Å². The van der Waals surface area contributed by atoms with Crippen molar-refractivity contribution in [3.63, 3.8) is 0 Å². The van der Waals surface area contributed by atoms with Crippen LogP contribution in [0.2, 0.25) is 0 Å². The number of carbonyl (C=O) groups excluding carboxylic acids is 1. The van der Waals surface area contributed by atoms with Gasteiger partial charge in [-0.1, -0.05) is 26.0 Å². The molecule has 1 amide bonds. The van der Waals surface area contributed by atoms with Gasteiger partial charge in [-0.3, -0.25) is 4.79 Å². The van der Waals surface area contributed by atoms with Crippen LogP contribution in [-0.2, 0) is 16.0 Å². The van der Waals surface area contributed by atoms with Gasteiger partial charge in [-0.25, -0.2) is 4.79 Å².